The van der Waals surface area contributed by atoms with Gasteiger partial charge in [0.1, 0.15) is 0 Å². The largest absolute Gasteiger partial charge is 0.452 e. The van der Waals surface area contributed by atoms with Crippen LogP contribution in [0.5, 0.6) is 0 Å². The number of hydrogen-bond acceptors (Lipinski definition) is 5. The molecule has 0 fully saturated rings. The molecule has 14 aromatic carbocycles. The van der Waals surface area contributed by atoms with E-state index < -0.39 is 0 Å². The van der Waals surface area contributed by atoms with Crippen LogP contribution in [0.25, 0.3) is 95.0 Å². The summed E-state index contributed by atoms with van der Waals surface area (Å²) < 4.78 is 15.4. The normalized spacial score (nSPS) is 12.5. The molecule has 6 nitrogen and oxygen atoms in total. The number of ether oxygens (including phenoxy) is 2. The first-order valence-corrected chi connectivity index (χ1v) is 46.3. The van der Waals surface area contributed by atoms with Crippen LogP contribution in [0.2, 0.25) is 20.1 Å². The lowest BCUT2D eigenvalue weighted by Crippen LogP contribution is -2.12. The maximum Gasteiger partial charge on any atom is 0.418 e. The van der Waals surface area contributed by atoms with Crippen molar-refractivity contribution in [2.45, 2.75) is 65.2 Å². The minimum atomic E-state index is -0.379. The number of allylic oxidation sites excluding steroid dienone is 8. The fraction of sp³-hybridized carbons (Fsp3) is 0.0973. The molecule has 0 aliphatic heterocycles. The highest BCUT2D eigenvalue weighted by Crippen LogP contribution is 2.49. The van der Waals surface area contributed by atoms with E-state index in [1.807, 2.05) is 141 Å². The second-order valence-electron chi connectivity index (χ2n) is 31.2. The minimum absolute atomic E-state index is 0.366. The number of carbonyl (C=O) groups is 2. The quantitative estimate of drug-likeness (QED) is 0.129. The number of fused-ring (bicyclic) bond motifs is 8. The Labute approximate surface area is 793 Å². The molecular weight excluding hydrogens is 1860 g/mol. The van der Waals surface area contributed by atoms with Crippen LogP contribution >= 0.6 is 106 Å². The van der Waals surface area contributed by atoms with Crippen molar-refractivity contribution in [3.8, 4) is 33.4 Å². The van der Waals surface area contributed by atoms with Crippen LogP contribution < -0.4 is 0 Å². The van der Waals surface area contributed by atoms with Gasteiger partial charge in [0.15, 0.2) is 0 Å². The number of benzene rings is 14. The fourth-order valence-corrected chi connectivity index (χ4v) is 19.0. The van der Waals surface area contributed by atoms with Gasteiger partial charge in [0.2, 0.25) is 0 Å². The Morgan fingerprint density at radius 3 is 1.35 bits per heavy atom. The van der Waals surface area contributed by atoms with Crippen LogP contribution in [0.15, 0.2) is 370 Å². The van der Waals surface area contributed by atoms with E-state index in [0.717, 1.165) is 97.9 Å². The molecule has 2 aromatic heterocycles. The molecule has 0 bridgehead atoms. The first kappa shape index (κ1) is 90.3. The fourth-order valence-electron chi connectivity index (χ4n) is 16.0. The Hall–Kier alpha value is -11.5. The highest BCUT2D eigenvalue weighted by molar-refractivity contribution is 9.11. The highest BCUT2D eigenvalue weighted by atomic mass is 79.9. The van der Waals surface area contributed by atoms with Gasteiger partial charge in [-0.3, -0.25) is 0 Å². The zero-order chi connectivity index (χ0) is 88.8. The predicted octanol–water partition coefficient (Wildman–Crippen LogP) is 34.2. The topological polar surface area (TPSA) is 62.5 Å². The number of aryl methyl sites for hydroxylation is 3. The van der Waals surface area contributed by atoms with Crippen molar-refractivity contribution < 1.29 is 19.1 Å². The summed E-state index contributed by atoms with van der Waals surface area (Å²) in [6, 6.07) is 111. The molecule has 0 saturated heterocycles. The zero-order valence-corrected chi connectivity index (χ0v) is 79.6. The molecule has 16 aromatic rings. The first-order chi connectivity index (χ1) is 61.6. The lowest BCUT2D eigenvalue weighted by Gasteiger charge is -2.14. The molecule has 0 amide bonds. The number of aromatic nitrogens is 2. The average Bonchev–Trinajstić information content (AvgIpc) is 1.66. The van der Waals surface area contributed by atoms with Crippen LogP contribution in [0, 0.1) is 34.6 Å². The molecule has 0 saturated carbocycles. The van der Waals surface area contributed by atoms with Crippen LogP contribution in [-0.2, 0) is 35.2 Å². The van der Waals surface area contributed by atoms with Crippen molar-refractivity contribution in [1.82, 2.24) is 9.13 Å². The summed E-state index contributed by atoms with van der Waals surface area (Å²) in [6.45, 7) is 10.1. The smallest absolute Gasteiger partial charge is 0.418 e. The van der Waals surface area contributed by atoms with E-state index in [0.29, 0.717) is 0 Å². The van der Waals surface area contributed by atoms with E-state index >= 15 is 0 Å². The lowest BCUT2D eigenvalue weighted by atomic mass is 9.90. The van der Waals surface area contributed by atoms with Gasteiger partial charge in [-0.15, -0.1) is 0 Å². The zero-order valence-electron chi connectivity index (χ0n) is 71.1. The summed E-state index contributed by atoms with van der Waals surface area (Å²) in [7, 11) is 2.75. The van der Waals surface area contributed by atoms with Crippen LogP contribution in [0.4, 0.5) is 9.59 Å². The molecule has 127 heavy (non-hydrogen) atoms. The standard InChI is InChI=1S/C26H19Cl.C26H21Cl.C22H17ClS.C17H13Cl.C11H9Br2NO2.C11H10BrNO2/c1-17-6-8-18(9-7-17)24-15-21-14-20-4-2-3-5-23(20)26(21)16-25(24)19-10-12-22(27)13-11-19;1-19-6-8-20(9-7-19)10-14-23-18-22-4-2-3-5-25(22)26(23)17-13-21-11-15-24(27)16-12-21;1-15-6-8-16(9-7-15)21-14-17-4-2-3-5-20(17)22(21)24-19-12-10-18(23)11-13-19;18-16-11-6-13(7-12-16)5-8-15-10-9-14-3-1-2-4-17(14)15;1-6-10(13)8-5-7(12)3-4-9(8)14(6)11(15)16-2;1-7-10(12)8-5-3-4-6-9(8)13(7)11(14)15-2/h2-13,15-16H,14H2,1H3;2-17H,18H2,1H3;2-13H,14H2,1H3;1-8,10-12H,9H2;3-5H,1-2H3;3-6H,1-2H3/b;14-10+,17-13+;;8-5+;;. The molecule has 0 spiro atoms. The number of para-hydroxylation sites is 1. The molecule has 0 unspecified atom stereocenters. The summed E-state index contributed by atoms with van der Waals surface area (Å²) >= 11 is 36.2. The number of carbonyl (C=O) groups excluding carboxylic acids is 2. The predicted molar refractivity (Wildman–Crippen MR) is 549 cm³/mol. The van der Waals surface area contributed by atoms with Crippen molar-refractivity contribution in [3.05, 3.63) is 480 Å². The number of hydrogen-bond donors (Lipinski definition) is 0. The van der Waals surface area contributed by atoms with Gasteiger partial charge >= 0.3 is 12.2 Å². The summed E-state index contributed by atoms with van der Waals surface area (Å²) in [5, 5.41) is 5.08. The first-order valence-electron chi connectivity index (χ1n) is 41.6. The van der Waals surface area contributed by atoms with Crippen molar-refractivity contribution in [2.75, 3.05) is 14.2 Å². The summed E-state index contributed by atoms with van der Waals surface area (Å²) in [5.41, 5.74) is 36.2. The Bertz CT molecular complexity index is 6940. The van der Waals surface area contributed by atoms with E-state index in [2.05, 4.69) is 317 Å². The molecule has 4 aliphatic rings. The Morgan fingerprint density at radius 2 is 0.780 bits per heavy atom. The van der Waals surface area contributed by atoms with Gasteiger partial charge in [-0.1, -0.05) is 358 Å². The number of nitrogens with zero attached hydrogens (tertiary/aromatic N) is 2. The number of methoxy groups -OCH3 is 2. The van der Waals surface area contributed by atoms with Crippen molar-refractivity contribution >= 4 is 180 Å². The molecule has 4 aliphatic carbocycles. The van der Waals surface area contributed by atoms with Gasteiger partial charge in [-0.05, 0) is 312 Å². The van der Waals surface area contributed by atoms with Gasteiger partial charge in [0, 0.05) is 65.5 Å². The maximum atomic E-state index is 11.7. The van der Waals surface area contributed by atoms with Crippen LogP contribution in [0.1, 0.15) is 94.8 Å². The van der Waals surface area contributed by atoms with E-state index in [1.165, 1.54) is 158 Å². The monoisotopic (exact) mass is 1950 g/mol. The minimum Gasteiger partial charge on any atom is -0.452 e. The van der Waals surface area contributed by atoms with Gasteiger partial charge in [-0.25, -0.2) is 18.7 Å². The van der Waals surface area contributed by atoms with Crippen LogP contribution in [0.3, 0.4) is 0 Å². The third-order valence-electron chi connectivity index (χ3n) is 22.7. The average molecular weight is 1950 g/mol. The molecule has 2 heterocycles. The Balaban J connectivity index is 0.000000119. The number of thioether (sulfide) groups is 1. The van der Waals surface area contributed by atoms with Crippen molar-refractivity contribution in [1.29, 1.82) is 0 Å². The van der Waals surface area contributed by atoms with Gasteiger partial charge in [-0.2, -0.15) is 0 Å². The third kappa shape index (κ3) is 21.7. The van der Waals surface area contributed by atoms with Crippen LogP contribution in [-0.4, -0.2) is 35.5 Å². The maximum absolute atomic E-state index is 11.7. The third-order valence-corrected chi connectivity index (χ3v) is 27.4. The van der Waals surface area contributed by atoms with Gasteiger partial charge in [0.25, 0.3) is 0 Å². The molecule has 0 atom stereocenters. The summed E-state index contributed by atoms with van der Waals surface area (Å²) in [4.78, 5) is 25.8. The Morgan fingerprint density at radius 1 is 0.354 bits per heavy atom. The second kappa shape index (κ2) is 41.9. The van der Waals surface area contributed by atoms with Crippen molar-refractivity contribution in [3.63, 3.8) is 0 Å². The Kier molecular flexibility index (Phi) is 29.8. The second-order valence-corrected chi connectivity index (χ2v) is 36.6. The molecular formula is C113H89Br3Cl4N2O4S. The number of halogens is 7. The lowest BCUT2D eigenvalue weighted by molar-refractivity contribution is 0.172. The van der Waals surface area contributed by atoms with Gasteiger partial charge in [0.05, 0.1) is 25.3 Å². The summed E-state index contributed by atoms with van der Waals surface area (Å²) in [6.07, 6.45) is 18.7. The molecule has 14 heteroatoms. The highest BCUT2D eigenvalue weighted by Gasteiger charge is 2.26. The van der Waals surface area contributed by atoms with E-state index in [4.69, 9.17) is 55.9 Å². The van der Waals surface area contributed by atoms with E-state index in [-0.39, 0.29) is 12.2 Å². The molecule has 0 N–H and O–H groups in total. The van der Waals surface area contributed by atoms with Crippen molar-refractivity contribution in [2.24, 2.45) is 0 Å². The molecule has 630 valence electrons. The number of rotatable bonds is 11. The van der Waals surface area contributed by atoms with Gasteiger partial charge < -0.3 is 9.47 Å². The summed E-state index contributed by atoms with van der Waals surface area (Å²) in [5.74, 6) is 0. The molecule has 0 radical (unpaired) electrons. The van der Waals surface area contributed by atoms with E-state index in [1.54, 1.807) is 9.13 Å². The van der Waals surface area contributed by atoms with E-state index in [9.17, 15) is 9.59 Å². The SMILES string of the molecule is COC(=O)n1c(C)c(Br)c2cc(Br)ccc21.COC(=O)n1c(C)c(Br)c2ccccc21.Cc1ccc(-c2cc3c(cc2-c2ccc(Cl)cc2)-c2ccccc2C3)cc1.Cc1ccc(/C=C/C2=C(/C=C/c3ccc(Cl)cc3)c3ccccc3C2)cc1.Cc1ccc(C2=C(Sc3ccc(Cl)cc3)c3ccccc3C2)cc1.Clc1ccc(/C=C/C2=CCc3ccccc32)cc1. The molecule has 20 rings (SSSR count).